The zero-order valence-corrected chi connectivity index (χ0v) is 25.5. The Morgan fingerprint density at radius 3 is 2.70 bits per heavy atom. The SMILES string of the molecule is CCN1CC(=O)N[C@H]2CN(C(=O)c3ccc(COC)o3)CC[C@@H]2OCc2cccc(c2)Oc2cc(OC(C)C)cc(c2)C1=O. The minimum atomic E-state index is -0.510. The van der Waals surface area contributed by atoms with Crippen molar-refractivity contribution in [2.24, 2.45) is 0 Å². The van der Waals surface area contributed by atoms with Gasteiger partial charge in [0.2, 0.25) is 5.91 Å². The van der Waals surface area contributed by atoms with E-state index in [1.807, 2.05) is 45.0 Å². The molecule has 4 bridgehead atoms. The highest BCUT2D eigenvalue weighted by molar-refractivity contribution is 5.97. The molecule has 0 spiro atoms. The summed E-state index contributed by atoms with van der Waals surface area (Å²) in [4.78, 5) is 43.5. The van der Waals surface area contributed by atoms with E-state index < -0.39 is 6.04 Å². The highest BCUT2D eigenvalue weighted by atomic mass is 16.5. The van der Waals surface area contributed by atoms with Crippen molar-refractivity contribution >= 4 is 17.7 Å². The van der Waals surface area contributed by atoms with Crippen LogP contribution in [0.4, 0.5) is 0 Å². The van der Waals surface area contributed by atoms with Gasteiger partial charge in [0, 0.05) is 38.4 Å². The zero-order valence-electron chi connectivity index (χ0n) is 25.5. The molecule has 1 aromatic heterocycles. The normalized spacial score (nSPS) is 19.3. The Morgan fingerprint density at radius 2 is 1.93 bits per heavy atom. The smallest absolute Gasteiger partial charge is 0.289 e. The molecular formula is C33H39N3O8. The standard InChI is InChI=1S/C33H39N3O8/c1-5-35-18-31(37)34-28-17-36(33(39)30-10-9-25(44-30)20-40-4)12-11-29(28)41-19-22-7-6-8-24(13-22)43-27-15-23(32(35)38)14-26(16-27)42-21(2)3/h6-10,13-16,21,28-29H,5,11-12,17-20H2,1-4H3,(H,34,37)/t28-,29-/m0/s1. The number of fused-ring (bicyclic) bond motifs is 5. The number of carbonyl (C=O) groups is 3. The molecule has 0 saturated carbocycles. The number of furan rings is 1. The Kier molecular flexibility index (Phi) is 9.86. The number of likely N-dealkylation sites (N-methyl/N-ethyl adjacent to an activating group) is 1. The summed E-state index contributed by atoms with van der Waals surface area (Å²) in [6, 6.07) is 15.4. The molecule has 3 heterocycles. The number of amides is 3. The third kappa shape index (κ3) is 7.59. The van der Waals surface area contributed by atoms with Gasteiger partial charge in [-0.25, -0.2) is 0 Å². The minimum Gasteiger partial charge on any atom is -0.491 e. The third-order valence-electron chi connectivity index (χ3n) is 7.44. The molecule has 2 atom stereocenters. The van der Waals surface area contributed by atoms with Crippen LogP contribution < -0.4 is 14.8 Å². The Balaban J connectivity index is 1.42. The molecule has 11 heteroatoms. The number of nitrogens with zero attached hydrogens (tertiary/aromatic N) is 2. The molecule has 5 rings (SSSR count). The zero-order chi connectivity index (χ0) is 31.2. The molecule has 0 radical (unpaired) electrons. The van der Waals surface area contributed by atoms with Gasteiger partial charge in [-0.2, -0.15) is 0 Å². The quantitative estimate of drug-likeness (QED) is 0.439. The number of rotatable bonds is 6. The molecule has 2 aromatic carbocycles. The first-order chi connectivity index (χ1) is 21.2. The van der Waals surface area contributed by atoms with Crippen LogP contribution in [0.15, 0.2) is 59.0 Å². The predicted octanol–water partition coefficient (Wildman–Crippen LogP) is 4.40. The van der Waals surface area contributed by atoms with E-state index in [1.54, 1.807) is 42.3 Å². The van der Waals surface area contributed by atoms with Gasteiger partial charge >= 0.3 is 0 Å². The topological polar surface area (TPSA) is 120 Å². The van der Waals surface area contributed by atoms with Crippen LogP contribution in [0, 0.1) is 0 Å². The minimum absolute atomic E-state index is 0.116. The second-order valence-corrected chi connectivity index (χ2v) is 11.2. The fourth-order valence-electron chi connectivity index (χ4n) is 5.39. The van der Waals surface area contributed by atoms with Crippen molar-refractivity contribution in [2.75, 3.05) is 33.3 Å². The second-order valence-electron chi connectivity index (χ2n) is 11.2. The summed E-state index contributed by atoms with van der Waals surface area (Å²) in [6.45, 7) is 6.94. The molecule has 234 valence electrons. The molecule has 44 heavy (non-hydrogen) atoms. The first-order valence-electron chi connectivity index (χ1n) is 14.9. The van der Waals surface area contributed by atoms with Crippen LogP contribution >= 0.6 is 0 Å². The van der Waals surface area contributed by atoms with Crippen LogP contribution in [0.2, 0.25) is 0 Å². The fourth-order valence-corrected chi connectivity index (χ4v) is 5.39. The van der Waals surface area contributed by atoms with Crippen LogP contribution in [0.3, 0.4) is 0 Å². The van der Waals surface area contributed by atoms with E-state index in [-0.39, 0.29) is 62.0 Å². The van der Waals surface area contributed by atoms with E-state index >= 15 is 0 Å². The molecule has 1 N–H and O–H groups in total. The van der Waals surface area contributed by atoms with E-state index in [0.29, 0.717) is 48.1 Å². The lowest BCUT2D eigenvalue weighted by molar-refractivity contribution is -0.124. The highest BCUT2D eigenvalue weighted by Crippen LogP contribution is 2.30. The van der Waals surface area contributed by atoms with Crippen molar-refractivity contribution in [2.45, 2.75) is 58.7 Å². The van der Waals surface area contributed by atoms with Gasteiger partial charge in [-0.15, -0.1) is 0 Å². The van der Waals surface area contributed by atoms with Crippen molar-refractivity contribution < 1.29 is 37.7 Å². The average Bonchev–Trinajstić information content (AvgIpc) is 3.46. The van der Waals surface area contributed by atoms with Gasteiger partial charge in [0.25, 0.3) is 11.8 Å². The fraction of sp³-hybridized carbons (Fsp3) is 0.424. The summed E-state index contributed by atoms with van der Waals surface area (Å²) in [5.41, 5.74) is 1.22. The van der Waals surface area contributed by atoms with Gasteiger partial charge in [0.05, 0.1) is 31.4 Å². The van der Waals surface area contributed by atoms with E-state index in [0.717, 1.165) is 5.56 Å². The third-order valence-corrected chi connectivity index (χ3v) is 7.44. The molecule has 2 aliphatic rings. The van der Waals surface area contributed by atoms with Crippen molar-refractivity contribution in [1.29, 1.82) is 0 Å². The van der Waals surface area contributed by atoms with Crippen molar-refractivity contribution in [3.8, 4) is 17.2 Å². The van der Waals surface area contributed by atoms with Crippen LogP contribution in [-0.2, 0) is 27.5 Å². The van der Waals surface area contributed by atoms with E-state index in [4.69, 9.17) is 23.4 Å². The Hall–Kier alpha value is -4.35. The van der Waals surface area contributed by atoms with Crippen molar-refractivity contribution in [1.82, 2.24) is 15.1 Å². The average molecular weight is 606 g/mol. The number of methoxy groups -OCH3 is 1. The molecule has 1 saturated heterocycles. The molecule has 11 nitrogen and oxygen atoms in total. The molecule has 3 aromatic rings. The molecule has 3 amide bonds. The highest BCUT2D eigenvalue weighted by Gasteiger charge is 2.35. The number of likely N-dealkylation sites (tertiary alicyclic amines) is 1. The lowest BCUT2D eigenvalue weighted by Crippen LogP contribution is -2.58. The van der Waals surface area contributed by atoms with Crippen LogP contribution in [0.5, 0.6) is 17.2 Å². The molecule has 2 aliphatic heterocycles. The Labute approximate surface area is 257 Å². The first-order valence-corrected chi connectivity index (χ1v) is 14.9. The van der Waals surface area contributed by atoms with Crippen LogP contribution in [0.1, 0.15) is 59.4 Å². The summed E-state index contributed by atoms with van der Waals surface area (Å²) in [6.07, 6.45) is 0.0167. The second kappa shape index (κ2) is 14.0. The van der Waals surface area contributed by atoms with Gasteiger partial charge in [-0.05, 0) is 69.2 Å². The Bertz CT molecular complexity index is 1490. The number of piperidine rings is 1. The summed E-state index contributed by atoms with van der Waals surface area (Å²) < 4.78 is 29.2. The predicted molar refractivity (Wildman–Crippen MR) is 161 cm³/mol. The lowest BCUT2D eigenvalue weighted by Gasteiger charge is -2.38. The van der Waals surface area contributed by atoms with Gasteiger partial charge in [-0.1, -0.05) is 12.1 Å². The molecule has 0 unspecified atom stereocenters. The van der Waals surface area contributed by atoms with Crippen LogP contribution in [0.25, 0.3) is 0 Å². The largest absolute Gasteiger partial charge is 0.491 e. The monoisotopic (exact) mass is 605 g/mol. The summed E-state index contributed by atoms with van der Waals surface area (Å²) in [5.74, 6) is 1.32. The van der Waals surface area contributed by atoms with Crippen LogP contribution in [-0.4, -0.2) is 79.1 Å². The van der Waals surface area contributed by atoms with Gasteiger partial charge in [-0.3, -0.25) is 14.4 Å². The maximum Gasteiger partial charge on any atom is 0.289 e. The van der Waals surface area contributed by atoms with E-state index in [2.05, 4.69) is 5.32 Å². The van der Waals surface area contributed by atoms with E-state index in [1.165, 1.54) is 4.90 Å². The van der Waals surface area contributed by atoms with Gasteiger partial charge in [0.1, 0.15) is 29.6 Å². The lowest BCUT2D eigenvalue weighted by atomic mass is 10.0. The maximum absolute atomic E-state index is 13.7. The first kappa shape index (κ1) is 31.1. The maximum atomic E-state index is 13.7. The van der Waals surface area contributed by atoms with Gasteiger partial charge < -0.3 is 38.5 Å². The number of hydrogen-bond donors (Lipinski definition) is 1. The number of carbonyl (C=O) groups excluding carboxylic acids is 3. The van der Waals surface area contributed by atoms with Crippen molar-refractivity contribution in [3.05, 3.63) is 77.2 Å². The number of hydrogen-bond acceptors (Lipinski definition) is 8. The number of nitrogens with one attached hydrogen (secondary N) is 1. The number of benzene rings is 2. The van der Waals surface area contributed by atoms with Gasteiger partial charge in [0.15, 0.2) is 5.76 Å². The van der Waals surface area contributed by atoms with E-state index in [9.17, 15) is 14.4 Å². The summed E-state index contributed by atoms with van der Waals surface area (Å²) >= 11 is 0. The Morgan fingerprint density at radius 1 is 1.09 bits per heavy atom. The summed E-state index contributed by atoms with van der Waals surface area (Å²) in [7, 11) is 1.56. The van der Waals surface area contributed by atoms with Crippen molar-refractivity contribution in [3.63, 3.8) is 0 Å². The summed E-state index contributed by atoms with van der Waals surface area (Å²) in [5, 5.41) is 3.05. The number of ether oxygens (including phenoxy) is 4. The molecule has 0 aliphatic carbocycles. The molecular weight excluding hydrogens is 566 g/mol. The molecule has 1 fully saturated rings.